The van der Waals surface area contributed by atoms with Gasteiger partial charge in [-0.25, -0.2) is 0 Å². The number of ketones is 1. The quantitative estimate of drug-likeness (QED) is 0.400. The number of hydrogen-bond acceptors (Lipinski definition) is 2. The molecule has 4 aliphatic rings. The first-order valence-corrected chi connectivity index (χ1v) is 8.01. The van der Waals surface area contributed by atoms with Crippen LogP contribution in [0, 0.1) is 0 Å². The monoisotopic (exact) mass is 302 g/mol. The van der Waals surface area contributed by atoms with E-state index in [0.717, 1.165) is 29.4 Å². The number of carbonyl (C=O) groups is 1. The third-order valence-corrected chi connectivity index (χ3v) is 5.91. The van der Waals surface area contributed by atoms with Crippen molar-refractivity contribution in [3.63, 3.8) is 0 Å². The third-order valence-electron chi connectivity index (χ3n) is 4.53. The summed E-state index contributed by atoms with van der Waals surface area (Å²) in [6.45, 7) is 7.66. The van der Waals surface area contributed by atoms with E-state index >= 15 is 0 Å². The van der Waals surface area contributed by atoms with Crippen LogP contribution in [0.5, 0.6) is 0 Å². The van der Waals surface area contributed by atoms with E-state index in [1.54, 1.807) is 14.7 Å². The van der Waals surface area contributed by atoms with Crippen LogP contribution in [0.3, 0.4) is 0 Å². The number of nitrogens with one attached hydrogen (secondary N) is 3. The number of halogens is 1. The molecule has 0 unspecified atom stereocenters. The van der Waals surface area contributed by atoms with Gasteiger partial charge >= 0.3 is 0 Å². The van der Waals surface area contributed by atoms with Crippen LogP contribution in [0.2, 0.25) is 5.02 Å². The molecule has 3 N–H and O–H groups in total. The van der Waals surface area contributed by atoms with Crippen LogP contribution >= 0.6 is 22.9 Å². The van der Waals surface area contributed by atoms with E-state index in [4.69, 9.17) is 11.6 Å². The molecule has 5 rings (SSSR count). The standard InChI is InChI=1S/C12H16ClN4OS/c13-10-1-2-19-12(10)11(18)3-17-7-14-4-15(8-17)6-16(5-14)9-17/h1-2H,3-9H2/q+1/p+3. The van der Waals surface area contributed by atoms with Gasteiger partial charge in [-0.15, -0.1) is 11.3 Å². The second-order valence-corrected chi connectivity index (χ2v) is 7.60. The molecular formula is C12H19ClN4OS+4. The van der Waals surface area contributed by atoms with E-state index < -0.39 is 0 Å². The molecule has 0 amide bonds. The van der Waals surface area contributed by atoms with Crippen molar-refractivity contribution in [2.75, 3.05) is 46.6 Å². The molecule has 19 heavy (non-hydrogen) atoms. The number of nitrogens with zero attached hydrogens (tertiary/aromatic N) is 1. The van der Waals surface area contributed by atoms with Crippen LogP contribution in [0.15, 0.2) is 11.4 Å². The van der Waals surface area contributed by atoms with E-state index in [2.05, 4.69) is 0 Å². The largest absolute Gasteiger partial charge is 0.287 e. The van der Waals surface area contributed by atoms with E-state index in [9.17, 15) is 4.79 Å². The molecule has 1 aromatic rings. The lowest BCUT2D eigenvalue weighted by Crippen LogP contribution is -3.57. The Morgan fingerprint density at radius 1 is 1.21 bits per heavy atom. The van der Waals surface area contributed by atoms with Gasteiger partial charge in [0.2, 0.25) is 45.8 Å². The minimum absolute atomic E-state index is 0.226. The van der Waals surface area contributed by atoms with Gasteiger partial charge in [-0.3, -0.25) is 4.79 Å². The summed E-state index contributed by atoms with van der Waals surface area (Å²) in [5.74, 6) is 0.226. The first-order chi connectivity index (χ1) is 9.13. The minimum Gasteiger partial charge on any atom is -0.287 e. The van der Waals surface area contributed by atoms with Crippen molar-refractivity contribution in [2.24, 2.45) is 0 Å². The van der Waals surface area contributed by atoms with Crippen molar-refractivity contribution in [1.82, 2.24) is 0 Å². The molecule has 4 aliphatic heterocycles. The average molecular weight is 303 g/mol. The lowest BCUT2D eigenvalue weighted by molar-refractivity contribution is -1.43. The average Bonchev–Trinajstić information content (AvgIpc) is 2.72. The molecule has 5 nitrogen and oxygen atoms in total. The van der Waals surface area contributed by atoms with Gasteiger partial charge in [0, 0.05) is 0 Å². The molecule has 0 saturated carbocycles. The number of hydrogen-bond donors (Lipinski definition) is 3. The lowest BCUT2D eigenvalue weighted by Gasteiger charge is -2.52. The number of thiophene rings is 1. The van der Waals surface area contributed by atoms with Gasteiger partial charge in [0.15, 0.2) is 6.54 Å². The molecule has 4 saturated heterocycles. The molecule has 7 heteroatoms. The first kappa shape index (κ1) is 12.3. The highest BCUT2D eigenvalue weighted by molar-refractivity contribution is 7.12. The molecule has 5 heterocycles. The second-order valence-electron chi connectivity index (χ2n) is 6.28. The summed E-state index contributed by atoms with van der Waals surface area (Å²) in [6.07, 6.45) is 0. The van der Waals surface area contributed by atoms with Crippen molar-refractivity contribution in [3.8, 4) is 0 Å². The van der Waals surface area contributed by atoms with Crippen molar-refractivity contribution in [3.05, 3.63) is 21.3 Å². The topological polar surface area (TPSA) is 30.4 Å². The molecule has 102 valence electrons. The summed E-state index contributed by atoms with van der Waals surface area (Å²) in [7, 11) is 0. The fourth-order valence-corrected chi connectivity index (χ4v) is 5.30. The first-order valence-electron chi connectivity index (χ1n) is 6.76. The fraction of sp³-hybridized carbons (Fsp3) is 0.583. The Bertz CT molecular complexity index is 496. The Balaban J connectivity index is 1.56. The normalized spacial score (nSPS) is 39.7. The molecule has 0 atom stereocenters. The molecule has 0 aliphatic carbocycles. The summed E-state index contributed by atoms with van der Waals surface area (Å²) < 4.78 is 0.951. The number of Topliss-reactive ketones (excluding diaryl/α,β-unsaturated/α-hetero) is 1. The summed E-state index contributed by atoms with van der Waals surface area (Å²) in [5.41, 5.74) is 0. The van der Waals surface area contributed by atoms with Crippen LogP contribution in [0.1, 0.15) is 9.67 Å². The van der Waals surface area contributed by atoms with Gasteiger partial charge in [0.1, 0.15) is 0 Å². The van der Waals surface area contributed by atoms with E-state index in [0.29, 0.717) is 11.6 Å². The maximum atomic E-state index is 12.5. The van der Waals surface area contributed by atoms with Gasteiger partial charge in [-0.1, -0.05) is 11.6 Å². The molecule has 0 radical (unpaired) electrons. The predicted molar refractivity (Wildman–Crippen MR) is 70.9 cm³/mol. The molecule has 1 aromatic heterocycles. The summed E-state index contributed by atoms with van der Waals surface area (Å²) in [4.78, 5) is 18.2. The molecular weight excluding hydrogens is 284 g/mol. The molecule has 4 fully saturated rings. The van der Waals surface area contributed by atoms with E-state index in [-0.39, 0.29) is 5.78 Å². The highest BCUT2D eigenvalue weighted by atomic mass is 35.5. The molecule has 0 aromatic carbocycles. The number of rotatable bonds is 3. The summed E-state index contributed by atoms with van der Waals surface area (Å²) >= 11 is 7.56. The van der Waals surface area contributed by atoms with Gasteiger partial charge < -0.3 is 0 Å². The van der Waals surface area contributed by atoms with E-state index in [1.165, 1.54) is 31.3 Å². The van der Waals surface area contributed by atoms with Crippen molar-refractivity contribution in [1.29, 1.82) is 0 Å². The lowest BCUT2D eigenvalue weighted by atomic mass is 10.2. The second kappa shape index (κ2) is 4.25. The zero-order valence-corrected chi connectivity index (χ0v) is 12.3. The SMILES string of the molecule is O=C(C[N+]12C[NH+]3C[NH+](C[NH+](C3)C1)C2)c1sccc1Cl. The Hall–Kier alpha value is -0.500. The van der Waals surface area contributed by atoms with E-state index in [1.807, 2.05) is 11.4 Å². The van der Waals surface area contributed by atoms with Gasteiger partial charge in [-0.05, 0) is 11.4 Å². The Kier molecular flexibility index (Phi) is 2.74. The summed E-state index contributed by atoms with van der Waals surface area (Å²) in [6, 6.07) is 1.82. The third kappa shape index (κ3) is 2.03. The predicted octanol–water partition coefficient (Wildman–Crippen LogP) is -3.16. The minimum atomic E-state index is 0.226. The van der Waals surface area contributed by atoms with Crippen molar-refractivity contribution < 1.29 is 24.0 Å². The zero-order chi connectivity index (χ0) is 13.0. The number of carbonyl (C=O) groups excluding carboxylic acids is 1. The number of quaternary nitrogens is 4. The maximum absolute atomic E-state index is 12.5. The fourth-order valence-electron chi connectivity index (χ4n) is 4.21. The highest BCUT2D eigenvalue weighted by Crippen LogP contribution is 2.23. The highest BCUT2D eigenvalue weighted by Gasteiger charge is 2.57. The van der Waals surface area contributed by atoms with Crippen LogP contribution in [0.25, 0.3) is 0 Å². The molecule has 4 bridgehead atoms. The van der Waals surface area contributed by atoms with Crippen LogP contribution in [-0.2, 0) is 0 Å². The Morgan fingerprint density at radius 2 is 1.79 bits per heavy atom. The van der Waals surface area contributed by atoms with Crippen molar-refractivity contribution in [2.45, 2.75) is 0 Å². The van der Waals surface area contributed by atoms with Crippen LogP contribution in [0.4, 0.5) is 0 Å². The molecule has 0 spiro atoms. The van der Waals surface area contributed by atoms with Gasteiger partial charge in [-0.2, -0.15) is 19.2 Å². The van der Waals surface area contributed by atoms with Gasteiger partial charge in [0.25, 0.3) is 0 Å². The smallest absolute Gasteiger partial charge is 0.228 e. The zero-order valence-electron chi connectivity index (χ0n) is 10.7. The van der Waals surface area contributed by atoms with Crippen LogP contribution < -0.4 is 14.7 Å². The van der Waals surface area contributed by atoms with Crippen molar-refractivity contribution >= 4 is 28.7 Å². The maximum Gasteiger partial charge on any atom is 0.228 e. The Labute approximate surface area is 121 Å². The van der Waals surface area contributed by atoms with Gasteiger partial charge in [0.05, 0.1) is 9.90 Å². The van der Waals surface area contributed by atoms with Crippen LogP contribution in [-0.4, -0.2) is 56.8 Å². The Morgan fingerprint density at radius 3 is 2.26 bits per heavy atom. The summed E-state index contributed by atoms with van der Waals surface area (Å²) in [5, 5.41) is 2.53.